The Morgan fingerprint density at radius 2 is 1.96 bits per heavy atom. The maximum atomic E-state index is 12.0. The molecule has 0 atom stereocenters. The second kappa shape index (κ2) is 9.99. The highest BCUT2D eigenvalue weighted by Crippen LogP contribution is 2.25. The van der Waals surface area contributed by atoms with E-state index in [4.69, 9.17) is 9.47 Å². The molecular formula is C14H20N6O3S2. The van der Waals surface area contributed by atoms with Gasteiger partial charge in [-0.2, -0.15) is 9.97 Å². The number of ether oxygens (including phenoxy) is 2. The molecule has 2 aromatic rings. The van der Waals surface area contributed by atoms with E-state index in [2.05, 4.69) is 37.7 Å². The highest BCUT2D eigenvalue weighted by atomic mass is 32.2. The molecule has 0 aromatic carbocycles. The van der Waals surface area contributed by atoms with Crippen LogP contribution in [0, 0.1) is 0 Å². The maximum Gasteiger partial charge on any atom is 0.237 e. The Morgan fingerprint density at radius 1 is 1.24 bits per heavy atom. The molecule has 9 nitrogen and oxygen atoms in total. The second-order valence-corrected chi connectivity index (χ2v) is 6.97. The van der Waals surface area contributed by atoms with Crippen molar-refractivity contribution in [2.45, 2.75) is 24.1 Å². The molecule has 0 unspecified atom stereocenters. The van der Waals surface area contributed by atoms with Gasteiger partial charge in [0.05, 0.1) is 26.0 Å². The predicted octanol–water partition coefficient (Wildman–Crippen LogP) is 2.29. The minimum absolute atomic E-state index is 0.126. The van der Waals surface area contributed by atoms with E-state index in [0.29, 0.717) is 11.8 Å². The number of rotatable bonds is 10. The fraction of sp³-hybridized carbons (Fsp3) is 0.500. The van der Waals surface area contributed by atoms with E-state index < -0.39 is 0 Å². The number of methoxy groups -OCH3 is 2. The summed E-state index contributed by atoms with van der Waals surface area (Å²) >= 11 is 2.72. The van der Waals surface area contributed by atoms with Crippen LogP contribution in [0.15, 0.2) is 10.4 Å². The highest BCUT2D eigenvalue weighted by molar-refractivity contribution is 8.01. The van der Waals surface area contributed by atoms with Crippen molar-refractivity contribution in [3.8, 4) is 11.8 Å². The van der Waals surface area contributed by atoms with E-state index in [9.17, 15) is 4.79 Å². The quantitative estimate of drug-likeness (QED) is 0.470. The summed E-state index contributed by atoms with van der Waals surface area (Å²) in [6.07, 6.45) is 2.19. The van der Waals surface area contributed by atoms with E-state index in [1.54, 1.807) is 0 Å². The lowest BCUT2D eigenvalue weighted by Gasteiger charge is -2.07. The van der Waals surface area contributed by atoms with Crippen LogP contribution in [0.3, 0.4) is 0 Å². The van der Waals surface area contributed by atoms with Crippen molar-refractivity contribution in [2.75, 3.05) is 37.2 Å². The lowest BCUT2D eigenvalue weighted by molar-refractivity contribution is -0.113. The molecule has 0 aliphatic rings. The molecule has 0 saturated heterocycles. The summed E-state index contributed by atoms with van der Waals surface area (Å²) in [6.45, 7) is 2.99. The van der Waals surface area contributed by atoms with E-state index in [0.717, 1.165) is 28.9 Å². The minimum Gasteiger partial charge on any atom is -0.481 e. The third-order valence-electron chi connectivity index (χ3n) is 2.89. The van der Waals surface area contributed by atoms with Crippen molar-refractivity contribution in [1.29, 1.82) is 0 Å². The third kappa shape index (κ3) is 6.35. The lowest BCUT2D eigenvalue weighted by atomic mass is 10.3. The van der Waals surface area contributed by atoms with Gasteiger partial charge in [0, 0.05) is 6.54 Å². The molecule has 1 amide bonds. The summed E-state index contributed by atoms with van der Waals surface area (Å²) in [7, 11) is 2.95. The van der Waals surface area contributed by atoms with Gasteiger partial charge < -0.3 is 14.8 Å². The van der Waals surface area contributed by atoms with E-state index in [-0.39, 0.29) is 17.6 Å². The number of nitrogens with zero attached hydrogens (tertiary/aromatic N) is 4. The monoisotopic (exact) mass is 384 g/mol. The van der Waals surface area contributed by atoms with E-state index in [1.165, 1.54) is 43.4 Å². The van der Waals surface area contributed by atoms with Gasteiger partial charge in [-0.25, -0.2) is 0 Å². The predicted molar refractivity (Wildman–Crippen MR) is 97.8 cm³/mol. The summed E-state index contributed by atoms with van der Waals surface area (Å²) in [4.78, 5) is 20.2. The third-order valence-corrected chi connectivity index (χ3v) is 4.90. The summed E-state index contributed by atoms with van der Waals surface area (Å²) in [5.41, 5.74) is 0. The zero-order valence-corrected chi connectivity index (χ0v) is 15.9. The molecule has 0 fully saturated rings. The fourth-order valence-electron chi connectivity index (χ4n) is 1.67. The number of carbonyl (C=O) groups excluding carboxylic acids is 1. The Morgan fingerprint density at radius 3 is 2.60 bits per heavy atom. The number of aromatic nitrogens is 4. The van der Waals surface area contributed by atoms with Crippen molar-refractivity contribution in [1.82, 2.24) is 20.2 Å². The molecule has 0 aliphatic heterocycles. The van der Waals surface area contributed by atoms with Gasteiger partial charge in [0.1, 0.15) is 0 Å². The Kier molecular flexibility index (Phi) is 7.67. The normalized spacial score (nSPS) is 10.4. The number of anilines is 2. The highest BCUT2D eigenvalue weighted by Gasteiger charge is 2.11. The summed E-state index contributed by atoms with van der Waals surface area (Å²) in [5, 5.41) is 14.7. The van der Waals surface area contributed by atoms with Gasteiger partial charge in [0.25, 0.3) is 0 Å². The summed E-state index contributed by atoms with van der Waals surface area (Å²) < 4.78 is 10.8. The number of hydrogen-bond donors (Lipinski definition) is 2. The number of unbranched alkanes of at least 4 members (excludes halogenated alkanes) is 1. The molecule has 0 aliphatic carbocycles. The molecule has 0 radical (unpaired) electrons. The first kappa shape index (κ1) is 19.2. The number of thioether (sulfide) groups is 1. The van der Waals surface area contributed by atoms with Gasteiger partial charge in [-0.3, -0.25) is 10.1 Å². The lowest BCUT2D eigenvalue weighted by Crippen LogP contribution is -2.16. The molecule has 0 spiro atoms. The van der Waals surface area contributed by atoms with Gasteiger partial charge in [-0.05, 0) is 6.42 Å². The number of nitrogens with one attached hydrogen (secondary N) is 2. The Labute approximate surface area is 154 Å². The Balaban J connectivity index is 1.84. The summed E-state index contributed by atoms with van der Waals surface area (Å²) in [5.74, 6) is 0.660. The first-order valence-electron chi connectivity index (χ1n) is 7.61. The van der Waals surface area contributed by atoms with Gasteiger partial charge in [0.2, 0.25) is 28.7 Å². The molecule has 0 saturated carbocycles. The SMILES string of the molecule is CCCCNc1nnc(SCC(=O)Nc2nc(OC)cc(OC)n2)s1. The molecule has 2 rings (SSSR count). The first-order valence-corrected chi connectivity index (χ1v) is 9.42. The van der Waals surface area contributed by atoms with Crippen molar-refractivity contribution < 1.29 is 14.3 Å². The van der Waals surface area contributed by atoms with Crippen molar-refractivity contribution in [3.05, 3.63) is 6.07 Å². The number of amides is 1. The van der Waals surface area contributed by atoms with E-state index >= 15 is 0 Å². The second-order valence-electron chi connectivity index (χ2n) is 4.77. The standard InChI is InChI=1S/C14H20N6O3S2/c1-4-5-6-15-13-19-20-14(25-13)24-8-9(21)16-12-17-10(22-2)7-11(18-12)23-3/h7H,4-6,8H2,1-3H3,(H,15,19)(H,16,17,18,21). The van der Waals surface area contributed by atoms with Crippen LogP contribution in [0.25, 0.3) is 0 Å². The molecule has 25 heavy (non-hydrogen) atoms. The largest absolute Gasteiger partial charge is 0.481 e. The van der Waals surface area contributed by atoms with Gasteiger partial charge in [0.15, 0.2) is 4.34 Å². The van der Waals surface area contributed by atoms with Crippen molar-refractivity contribution >= 4 is 40.1 Å². The fourth-order valence-corrected chi connectivity index (χ4v) is 3.25. The van der Waals surface area contributed by atoms with Gasteiger partial charge in [-0.1, -0.05) is 36.4 Å². The Bertz CT molecular complexity index is 675. The minimum atomic E-state index is -0.254. The van der Waals surface area contributed by atoms with Gasteiger partial charge >= 0.3 is 0 Å². The van der Waals surface area contributed by atoms with Crippen LogP contribution in [0.5, 0.6) is 11.8 Å². The maximum absolute atomic E-state index is 12.0. The van der Waals surface area contributed by atoms with Gasteiger partial charge in [-0.15, -0.1) is 10.2 Å². The van der Waals surface area contributed by atoms with Crippen LogP contribution in [-0.4, -0.2) is 52.6 Å². The van der Waals surface area contributed by atoms with Crippen LogP contribution in [-0.2, 0) is 4.79 Å². The van der Waals surface area contributed by atoms with Crippen LogP contribution >= 0.6 is 23.1 Å². The molecule has 136 valence electrons. The molecule has 2 aromatic heterocycles. The number of carbonyl (C=O) groups is 1. The number of hydrogen-bond acceptors (Lipinski definition) is 10. The summed E-state index contributed by atoms with van der Waals surface area (Å²) in [6, 6.07) is 1.53. The average Bonchev–Trinajstić information content (AvgIpc) is 3.07. The topological polar surface area (TPSA) is 111 Å². The molecule has 2 N–H and O–H groups in total. The molecule has 11 heteroatoms. The zero-order chi connectivity index (χ0) is 18.1. The molecule has 0 bridgehead atoms. The van der Waals surface area contributed by atoms with Crippen LogP contribution in [0.1, 0.15) is 19.8 Å². The van der Waals surface area contributed by atoms with Crippen molar-refractivity contribution in [2.24, 2.45) is 0 Å². The van der Waals surface area contributed by atoms with Crippen molar-refractivity contribution in [3.63, 3.8) is 0 Å². The smallest absolute Gasteiger partial charge is 0.237 e. The molecule has 2 heterocycles. The molecular weight excluding hydrogens is 364 g/mol. The average molecular weight is 384 g/mol. The van der Waals surface area contributed by atoms with Crippen LogP contribution in [0.2, 0.25) is 0 Å². The zero-order valence-electron chi connectivity index (χ0n) is 14.2. The Hall–Kier alpha value is -2.14. The first-order chi connectivity index (χ1) is 12.1. The van der Waals surface area contributed by atoms with Crippen LogP contribution < -0.4 is 20.1 Å². The van der Waals surface area contributed by atoms with E-state index in [1.807, 2.05) is 0 Å². The van der Waals surface area contributed by atoms with Crippen LogP contribution in [0.4, 0.5) is 11.1 Å².